The molecule has 1 aliphatic heterocycles. The van der Waals surface area contributed by atoms with Gasteiger partial charge < -0.3 is 9.88 Å². The minimum Gasteiger partial charge on any atom is -0.331 e. The predicted molar refractivity (Wildman–Crippen MR) is 156 cm³/mol. The molecule has 0 spiro atoms. The molecule has 5 heterocycles. The molecule has 210 valence electrons. The number of aryl methyl sites for hydroxylation is 2. The van der Waals surface area contributed by atoms with Gasteiger partial charge in [-0.15, -0.1) is 11.3 Å². The molecule has 42 heavy (non-hydrogen) atoms. The van der Waals surface area contributed by atoms with Crippen LogP contribution in [0.2, 0.25) is 0 Å². The van der Waals surface area contributed by atoms with Crippen LogP contribution in [0.1, 0.15) is 43.0 Å². The van der Waals surface area contributed by atoms with Crippen LogP contribution in [-0.2, 0) is 7.05 Å². The highest BCUT2D eigenvalue weighted by Gasteiger charge is 2.30. The number of hydrogen-bond donors (Lipinski definition) is 1. The summed E-state index contributed by atoms with van der Waals surface area (Å²) >= 11 is 1.13. The maximum Gasteiger partial charge on any atom is 0.142 e. The van der Waals surface area contributed by atoms with Gasteiger partial charge in [0.15, 0.2) is 0 Å². The lowest BCUT2D eigenvalue weighted by Gasteiger charge is -2.27. The Labute approximate surface area is 242 Å². The van der Waals surface area contributed by atoms with Gasteiger partial charge in [-0.2, -0.15) is 10.4 Å². The van der Waals surface area contributed by atoms with Gasteiger partial charge >= 0.3 is 0 Å². The Balaban J connectivity index is 1.61. The number of pyridine rings is 1. The van der Waals surface area contributed by atoms with Crippen molar-refractivity contribution in [3.8, 4) is 39.8 Å². The number of benzene rings is 2. The molecule has 1 N–H and O–H groups in total. The van der Waals surface area contributed by atoms with Crippen molar-refractivity contribution in [3.63, 3.8) is 0 Å². The molecule has 0 saturated heterocycles. The van der Waals surface area contributed by atoms with Crippen molar-refractivity contribution in [2.24, 2.45) is 7.05 Å². The second-order valence-corrected chi connectivity index (χ2v) is 11.6. The first-order valence-corrected chi connectivity index (χ1v) is 14.3. The third-order valence-electron chi connectivity index (χ3n) is 8.06. The molecule has 0 radical (unpaired) electrons. The molecule has 0 aliphatic carbocycles. The van der Waals surface area contributed by atoms with Crippen molar-refractivity contribution in [2.75, 3.05) is 6.54 Å². The fraction of sp³-hybridized carbons (Fsp3) is 0.226. The number of nitrogens with one attached hydrogen (secondary N) is 1. The molecule has 6 aromatic rings. The molecular weight excluding hydrogens is 559 g/mol. The highest BCUT2D eigenvalue weighted by Crippen LogP contribution is 2.46. The van der Waals surface area contributed by atoms with Crippen LogP contribution < -0.4 is 5.32 Å². The van der Waals surface area contributed by atoms with E-state index in [0.717, 1.165) is 40.0 Å². The van der Waals surface area contributed by atoms with E-state index in [4.69, 9.17) is 10.1 Å². The fourth-order valence-corrected chi connectivity index (χ4v) is 6.76. The lowest BCUT2D eigenvalue weighted by molar-refractivity contribution is 0.354. The van der Waals surface area contributed by atoms with E-state index in [1.54, 1.807) is 0 Å². The number of fused-ring (bicyclic) bond motifs is 3. The zero-order valence-electron chi connectivity index (χ0n) is 23.1. The van der Waals surface area contributed by atoms with Crippen LogP contribution in [0.3, 0.4) is 0 Å². The number of nitrogens with zero attached hydrogens (tertiary/aromatic N) is 6. The maximum absolute atomic E-state index is 15.8. The predicted octanol–water partition coefficient (Wildman–Crippen LogP) is 7.20. The van der Waals surface area contributed by atoms with E-state index >= 15 is 8.78 Å². The number of nitriles is 1. The van der Waals surface area contributed by atoms with Crippen molar-refractivity contribution < 1.29 is 13.2 Å². The molecule has 2 aromatic carbocycles. The summed E-state index contributed by atoms with van der Waals surface area (Å²) in [6, 6.07) is 11.2. The molecule has 0 saturated carbocycles. The van der Waals surface area contributed by atoms with Crippen LogP contribution in [0.25, 0.3) is 54.9 Å². The van der Waals surface area contributed by atoms with Crippen molar-refractivity contribution >= 4 is 32.5 Å². The molecule has 4 aromatic heterocycles. The van der Waals surface area contributed by atoms with E-state index in [2.05, 4.69) is 10.3 Å². The summed E-state index contributed by atoms with van der Waals surface area (Å²) in [7, 11) is 1.93. The second kappa shape index (κ2) is 9.51. The van der Waals surface area contributed by atoms with E-state index < -0.39 is 17.5 Å². The van der Waals surface area contributed by atoms with Crippen LogP contribution in [0, 0.1) is 35.7 Å². The summed E-state index contributed by atoms with van der Waals surface area (Å²) < 4.78 is 50.1. The molecular formula is C31H24F3N7S. The Hall–Kier alpha value is -4.53. The minimum absolute atomic E-state index is 0.0148. The Bertz CT molecular complexity index is 2090. The standard InChI is InChI=1S/C31H24F3N7S/c1-14-12-36-15(2)25-10-23(39-41(14)25)30-28(26-18(11-35)7-19(32)9-20(26)33)27-21(34)13-42-31(27)29(38-30)17-5-6-24-22(8-17)37-16(3)40(24)4/h5-10,13-15,36H,12H2,1-4H3/t14-,15+/m0/s1. The zero-order valence-corrected chi connectivity index (χ0v) is 23.9. The summed E-state index contributed by atoms with van der Waals surface area (Å²) in [5.41, 5.74) is 3.98. The quantitative estimate of drug-likeness (QED) is 0.238. The average Bonchev–Trinajstić information content (AvgIpc) is 3.66. The number of imidazole rings is 1. The van der Waals surface area contributed by atoms with Crippen molar-refractivity contribution in [1.82, 2.24) is 29.6 Å². The van der Waals surface area contributed by atoms with E-state index in [1.165, 1.54) is 5.38 Å². The van der Waals surface area contributed by atoms with E-state index in [0.29, 0.717) is 34.3 Å². The summed E-state index contributed by atoms with van der Waals surface area (Å²) in [5.74, 6) is -1.63. The number of hydrogen-bond acceptors (Lipinski definition) is 6. The number of rotatable bonds is 3. The lowest BCUT2D eigenvalue weighted by atomic mass is 9.92. The topological polar surface area (TPSA) is 84.3 Å². The molecule has 0 bridgehead atoms. The Morgan fingerprint density at radius 2 is 1.83 bits per heavy atom. The minimum atomic E-state index is -0.980. The smallest absolute Gasteiger partial charge is 0.142 e. The number of halogens is 3. The van der Waals surface area contributed by atoms with Crippen LogP contribution in [0.15, 0.2) is 41.8 Å². The van der Waals surface area contributed by atoms with E-state index in [-0.39, 0.29) is 39.9 Å². The van der Waals surface area contributed by atoms with Crippen molar-refractivity contribution in [3.05, 3.63) is 76.3 Å². The fourth-order valence-electron chi connectivity index (χ4n) is 5.83. The van der Waals surface area contributed by atoms with Gasteiger partial charge in [-0.3, -0.25) is 4.68 Å². The maximum atomic E-state index is 15.8. The molecule has 7 nitrogen and oxygen atoms in total. The SMILES string of the molecule is Cc1nc2cc(-c3nc(-c4cc5n(n4)[C@@H](C)CN[C@@H]5C)c(-c4c(F)cc(F)cc4C#N)c4c(F)csc34)ccc2n1C. The third kappa shape index (κ3) is 3.86. The van der Waals surface area contributed by atoms with Gasteiger partial charge in [0.1, 0.15) is 34.7 Å². The molecule has 0 unspecified atom stereocenters. The van der Waals surface area contributed by atoms with Crippen LogP contribution in [-0.4, -0.2) is 30.9 Å². The normalized spacial score (nSPS) is 16.7. The number of aromatic nitrogens is 5. The summed E-state index contributed by atoms with van der Waals surface area (Å²) in [5, 5.41) is 19.6. The monoisotopic (exact) mass is 583 g/mol. The van der Waals surface area contributed by atoms with Crippen molar-refractivity contribution in [2.45, 2.75) is 32.9 Å². The average molecular weight is 584 g/mol. The molecule has 2 atom stereocenters. The molecule has 7 rings (SSSR count). The Morgan fingerprint density at radius 1 is 1.02 bits per heavy atom. The van der Waals surface area contributed by atoms with Crippen LogP contribution in [0.4, 0.5) is 13.2 Å². The van der Waals surface area contributed by atoms with E-state index in [9.17, 15) is 9.65 Å². The second-order valence-electron chi connectivity index (χ2n) is 10.7. The van der Waals surface area contributed by atoms with Crippen molar-refractivity contribution in [1.29, 1.82) is 5.26 Å². The highest BCUT2D eigenvalue weighted by molar-refractivity contribution is 7.17. The van der Waals surface area contributed by atoms with Crippen LogP contribution in [0.5, 0.6) is 0 Å². The van der Waals surface area contributed by atoms with Gasteiger partial charge in [0.2, 0.25) is 0 Å². The van der Waals surface area contributed by atoms with Gasteiger partial charge in [0, 0.05) is 53.2 Å². The Kier molecular flexibility index (Phi) is 5.97. The summed E-state index contributed by atoms with van der Waals surface area (Å²) in [4.78, 5) is 9.70. The lowest BCUT2D eigenvalue weighted by Crippen LogP contribution is -2.34. The molecule has 0 amide bonds. The summed E-state index contributed by atoms with van der Waals surface area (Å²) in [6.07, 6.45) is 0. The first kappa shape index (κ1) is 26.4. The van der Waals surface area contributed by atoms with Gasteiger partial charge in [0.25, 0.3) is 0 Å². The van der Waals surface area contributed by atoms with Crippen LogP contribution >= 0.6 is 11.3 Å². The van der Waals surface area contributed by atoms with Gasteiger partial charge in [-0.25, -0.2) is 23.1 Å². The van der Waals surface area contributed by atoms with Gasteiger partial charge in [-0.05, 0) is 45.0 Å². The Morgan fingerprint density at radius 3 is 2.60 bits per heavy atom. The van der Waals surface area contributed by atoms with E-state index in [1.807, 2.05) is 67.4 Å². The first-order valence-electron chi connectivity index (χ1n) is 13.4. The van der Waals surface area contributed by atoms with Gasteiger partial charge in [-0.1, -0.05) is 6.07 Å². The zero-order chi connectivity index (χ0) is 29.4. The summed E-state index contributed by atoms with van der Waals surface area (Å²) in [6.45, 7) is 6.66. The highest BCUT2D eigenvalue weighted by atomic mass is 32.1. The molecule has 1 aliphatic rings. The first-order chi connectivity index (χ1) is 20.2. The van der Waals surface area contributed by atoms with Gasteiger partial charge in [0.05, 0.1) is 44.8 Å². The molecule has 0 fully saturated rings. The number of thiophene rings is 1. The molecule has 11 heteroatoms. The third-order valence-corrected chi connectivity index (χ3v) is 9.02. The largest absolute Gasteiger partial charge is 0.331 e.